The summed E-state index contributed by atoms with van der Waals surface area (Å²) in [5.74, 6) is -0.168. The predicted octanol–water partition coefficient (Wildman–Crippen LogP) is 1.99. The minimum atomic E-state index is -0.154. The Kier molecular flexibility index (Phi) is 6.82. The van der Waals surface area contributed by atoms with E-state index < -0.39 is 0 Å². The summed E-state index contributed by atoms with van der Waals surface area (Å²) in [4.78, 5) is 39.0. The topological polar surface area (TPSA) is 69.7 Å². The number of hydrogen-bond donors (Lipinski definition) is 1. The van der Waals surface area contributed by atoms with E-state index in [0.29, 0.717) is 31.2 Å². The van der Waals surface area contributed by atoms with E-state index in [2.05, 4.69) is 5.32 Å². The lowest BCUT2D eigenvalue weighted by atomic mass is 10.1. The molecular formula is C18H24ClN3O3. The van der Waals surface area contributed by atoms with Crippen LogP contribution in [0.4, 0.5) is 0 Å². The zero-order valence-corrected chi connectivity index (χ0v) is 15.4. The summed E-state index contributed by atoms with van der Waals surface area (Å²) in [7, 11) is 0. The molecule has 1 fully saturated rings. The summed E-state index contributed by atoms with van der Waals surface area (Å²) < 4.78 is 0. The first-order valence-electron chi connectivity index (χ1n) is 8.45. The van der Waals surface area contributed by atoms with E-state index in [1.807, 2.05) is 19.1 Å². The van der Waals surface area contributed by atoms with Crippen molar-refractivity contribution in [2.24, 2.45) is 0 Å². The lowest BCUT2D eigenvalue weighted by Gasteiger charge is -2.34. The maximum atomic E-state index is 12.2. The van der Waals surface area contributed by atoms with Gasteiger partial charge in [-0.3, -0.25) is 14.4 Å². The Hall–Kier alpha value is -2.08. The van der Waals surface area contributed by atoms with Gasteiger partial charge in [0.05, 0.1) is 6.04 Å². The molecule has 1 aromatic rings. The van der Waals surface area contributed by atoms with Crippen LogP contribution in [0.1, 0.15) is 38.3 Å². The highest BCUT2D eigenvalue weighted by Crippen LogP contribution is 2.16. The van der Waals surface area contributed by atoms with Gasteiger partial charge >= 0.3 is 0 Å². The molecule has 25 heavy (non-hydrogen) atoms. The quantitative estimate of drug-likeness (QED) is 0.867. The zero-order chi connectivity index (χ0) is 18.4. The smallest absolute Gasteiger partial charge is 0.223 e. The largest absolute Gasteiger partial charge is 0.350 e. The number of rotatable bonds is 5. The third kappa shape index (κ3) is 5.74. The van der Waals surface area contributed by atoms with Gasteiger partial charge in [-0.15, -0.1) is 0 Å². The first-order valence-corrected chi connectivity index (χ1v) is 8.82. The van der Waals surface area contributed by atoms with Gasteiger partial charge in [0.15, 0.2) is 0 Å². The molecule has 136 valence electrons. The van der Waals surface area contributed by atoms with Gasteiger partial charge in [-0.25, -0.2) is 0 Å². The van der Waals surface area contributed by atoms with E-state index in [0.717, 1.165) is 5.56 Å². The van der Waals surface area contributed by atoms with E-state index in [4.69, 9.17) is 11.6 Å². The minimum Gasteiger partial charge on any atom is -0.350 e. The van der Waals surface area contributed by atoms with Gasteiger partial charge in [0, 0.05) is 51.0 Å². The highest BCUT2D eigenvalue weighted by atomic mass is 35.5. The van der Waals surface area contributed by atoms with Crippen molar-refractivity contribution in [1.82, 2.24) is 15.1 Å². The van der Waals surface area contributed by atoms with Crippen molar-refractivity contribution in [3.05, 3.63) is 34.9 Å². The maximum absolute atomic E-state index is 12.2. The summed E-state index contributed by atoms with van der Waals surface area (Å²) in [6, 6.07) is 7.16. The van der Waals surface area contributed by atoms with E-state index in [1.54, 1.807) is 21.9 Å². The number of amides is 3. The average molecular weight is 366 g/mol. The van der Waals surface area contributed by atoms with E-state index in [-0.39, 0.29) is 36.6 Å². The first-order chi connectivity index (χ1) is 11.9. The summed E-state index contributed by atoms with van der Waals surface area (Å²) in [5.41, 5.74) is 0.962. The molecule has 1 heterocycles. The molecule has 1 saturated heterocycles. The van der Waals surface area contributed by atoms with Crippen molar-refractivity contribution < 1.29 is 14.4 Å². The van der Waals surface area contributed by atoms with Gasteiger partial charge in [0.1, 0.15) is 0 Å². The number of halogens is 1. The molecule has 3 amide bonds. The molecule has 1 aliphatic heterocycles. The van der Waals surface area contributed by atoms with Crippen LogP contribution in [0.3, 0.4) is 0 Å². The predicted molar refractivity (Wildman–Crippen MR) is 96.1 cm³/mol. The molecule has 1 aliphatic rings. The number of benzene rings is 1. The highest BCUT2D eigenvalue weighted by Gasteiger charge is 2.22. The van der Waals surface area contributed by atoms with Gasteiger partial charge in [-0.1, -0.05) is 23.7 Å². The van der Waals surface area contributed by atoms with E-state index in [9.17, 15) is 14.4 Å². The second-order valence-corrected chi connectivity index (χ2v) is 6.66. The summed E-state index contributed by atoms with van der Waals surface area (Å²) in [5, 5.41) is 3.54. The van der Waals surface area contributed by atoms with Gasteiger partial charge in [0.25, 0.3) is 0 Å². The lowest BCUT2D eigenvalue weighted by Crippen LogP contribution is -2.50. The Morgan fingerprint density at radius 1 is 1.04 bits per heavy atom. The fourth-order valence-corrected chi connectivity index (χ4v) is 2.92. The van der Waals surface area contributed by atoms with Crippen molar-refractivity contribution in [3.63, 3.8) is 0 Å². The van der Waals surface area contributed by atoms with Crippen LogP contribution in [0.5, 0.6) is 0 Å². The highest BCUT2D eigenvalue weighted by molar-refractivity contribution is 6.30. The van der Waals surface area contributed by atoms with Crippen LogP contribution in [0.2, 0.25) is 5.02 Å². The van der Waals surface area contributed by atoms with Gasteiger partial charge in [-0.05, 0) is 24.6 Å². The molecule has 2 rings (SSSR count). The number of nitrogens with zero attached hydrogens (tertiary/aromatic N) is 2. The van der Waals surface area contributed by atoms with Crippen LogP contribution < -0.4 is 5.32 Å². The van der Waals surface area contributed by atoms with Gasteiger partial charge < -0.3 is 15.1 Å². The Balaban J connectivity index is 1.73. The fraction of sp³-hybridized carbons (Fsp3) is 0.500. The van der Waals surface area contributed by atoms with E-state index >= 15 is 0 Å². The number of carbonyl (C=O) groups is 3. The molecule has 1 atom stereocenters. The zero-order valence-electron chi connectivity index (χ0n) is 14.6. The second-order valence-electron chi connectivity index (χ2n) is 6.23. The number of carbonyl (C=O) groups excluding carboxylic acids is 3. The normalized spacial score (nSPS) is 15.6. The average Bonchev–Trinajstić information content (AvgIpc) is 2.60. The summed E-state index contributed by atoms with van der Waals surface area (Å²) in [6.07, 6.45) is 0.336. The Morgan fingerprint density at radius 2 is 1.60 bits per heavy atom. The molecule has 6 nitrogen and oxygen atoms in total. The van der Waals surface area contributed by atoms with Crippen molar-refractivity contribution >= 4 is 29.3 Å². The second kappa shape index (κ2) is 8.85. The molecule has 0 spiro atoms. The van der Waals surface area contributed by atoms with Crippen LogP contribution in [0, 0.1) is 0 Å². The SMILES string of the molecule is CC(=O)N1CCN(C(=O)CCC(=O)N[C@@H](C)c2ccc(Cl)cc2)CC1. The molecule has 7 heteroatoms. The van der Waals surface area contributed by atoms with Gasteiger partial charge in [0.2, 0.25) is 17.7 Å². The molecule has 0 saturated carbocycles. The number of hydrogen-bond acceptors (Lipinski definition) is 3. The number of piperazine rings is 1. The molecular weight excluding hydrogens is 342 g/mol. The third-order valence-electron chi connectivity index (χ3n) is 4.39. The Bertz CT molecular complexity index is 625. The lowest BCUT2D eigenvalue weighted by molar-refractivity contribution is -0.139. The van der Waals surface area contributed by atoms with Crippen molar-refractivity contribution in [2.75, 3.05) is 26.2 Å². The molecule has 1 N–H and O–H groups in total. The molecule has 0 radical (unpaired) electrons. The Labute approximate surface area is 153 Å². The molecule has 0 aromatic heterocycles. The van der Waals surface area contributed by atoms with Gasteiger partial charge in [-0.2, -0.15) is 0 Å². The summed E-state index contributed by atoms with van der Waals surface area (Å²) >= 11 is 5.86. The monoisotopic (exact) mass is 365 g/mol. The molecule has 0 bridgehead atoms. The molecule has 0 unspecified atom stereocenters. The Morgan fingerprint density at radius 3 is 2.16 bits per heavy atom. The van der Waals surface area contributed by atoms with Crippen molar-refractivity contribution in [1.29, 1.82) is 0 Å². The van der Waals surface area contributed by atoms with E-state index in [1.165, 1.54) is 6.92 Å². The first kappa shape index (κ1) is 19.2. The molecule has 1 aromatic carbocycles. The van der Waals surface area contributed by atoms with Crippen LogP contribution in [-0.2, 0) is 14.4 Å². The van der Waals surface area contributed by atoms with Crippen LogP contribution in [0.15, 0.2) is 24.3 Å². The van der Waals surface area contributed by atoms with Crippen molar-refractivity contribution in [3.8, 4) is 0 Å². The maximum Gasteiger partial charge on any atom is 0.223 e. The van der Waals surface area contributed by atoms with Crippen LogP contribution in [-0.4, -0.2) is 53.7 Å². The minimum absolute atomic E-state index is 0.0302. The van der Waals surface area contributed by atoms with Crippen LogP contribution in [0.25, 0.3) is 0 Å². The standard InChI is InChI=1S/C18H24ClN3O3/c1-13(15-3-5-16(19)6-4-15)20-17(24)7-8-18(25)22-11-9-21(10-12-22)14(2)23/h3-6,13H,7-12H2,1-2H3,(H,20,24)/t13-/m0/s1. The van der Waals surface area contributed by atoms with Crippen molar-refractivity contribution in [2.45, 2.75) is 32.7 Å². The third-order valence-corrected chi connectivity index (χ3v) is 4.64. The van der Waals surface area contributed by atoms with Crippen LogP contribution >= 0.6 is 11.6 Å². The summed E-state index contributed by atoms with van der Waals surface area (Å²) in [6.45, 7) is 5.60. The molecule has 0 aliphatic carbocycles. The fourth-order valence-electron chi connectivity index (χ4n) is 2.80. The number of nitrogens with one attached hydrogen (secondary N) is 1.